The maximum absolute atomic E-state index is 13.1. The van der Waals surface area contributed by atoms with E-state index in [1.165, 1.54) is 62.7 Å². The van der Waals surface area contributed by atoms with Crippen molar-refractivity contribution in [2.45, 2.75) is 82.9 Å². The van der Waals surface area contributed by atoms with Gasteiger partial charge < -0.3 is 4.57 Å². The highest BCUT2D eigenvalue weighted by atomic mass is 32.2. The van der Waals surface area contributed by atoms with Crippen LogP contribution in [0, 0.1) is 5.82 Å². The third-order valence-corrected chi connectivity index (χ3v) is 6.37. The molecule has 0 saturated carbocycles. The Kier molecular flexibility index (Phi) is 11.3. The van der Waals surface area contributed by atoms with E-state index >= 15 is 0 Å². The van der Waals surface area contributed by atoms with Crippen molar-refractivity contribution >= 4 is 11.8 Å². The Hall–Kier alpha value is -1.29. The zero-order chi connectivity index (χ0) is 19.2. The average Bonchev–Trinajstić information content (AvgIpc) is 3.19. The van der Waals surface area contributed by atoms with Crippen LogP contribution in [0.2, 0.25) is 0 Å². The van der Waals surface area contributed by atoms with Crippen LogP contribution in [0.4, 0.5) is 4.39 Å². The van der Waals surface area contributed by atoms with Gasteiger partial charge >= 0.3 is 0 Å². The zero-order valence-corrected chi connectivity index (χ0v) is 17.6. The molecule has 0 saturated heterocycles. The Labute approximate surface area is 169 Å². The van der Waals surface area contributed by atoms with Gasteiger partial charge in [0.1, 0.15) is 5.82 Å². The van der Waals surface area contributed by atoms with E-state index in [4.69, 9.17) is 0 Å². The number of benzene rings is 1. The van der Waals surface area contributed by atoms with Crippen LogP contribution in [0.3, 0.4) is 0 Å². The minimum Gasteiger partial charge on any atom is -0.336 e. The minimum absolute atomic E-state index is 0.155. The lowest BCUT2D eigenvalue weighted by Gasteiger charge is -2.17. The lowest BCUT2D eigenvalue weighted by Crippen LogP contribution is -2.14. The Balaban J connectivity index is 1.66. The third-order valence-electron chi connectivity index (χ3n) is 4.99. The van der Waals surface area contributed by atoms with E-state index in [1.54, 1.807) is 12.1 Å². The fourth-order valence-corrected chi connectivity index (χ4v) is 4.59. The third kappa shape index (κ3) is 9.99. The van der Waals surface area contributed by atoms with Crippen LogP contribution in [0.15, 0.2) is 43.0 Å². The lowest BCUT2D eigenvalue weighted by molar-refractivity contribution is 0.585. The van der Waals surface area contributed by atoms with Crippen LogP contribution in [-0.2, 0) is 13.0 Å². The predicted molar refractivity (Wildman–Crippen MR) is 116 cm³/mol. The quantitative estimate of drug-likeness (QED) is 0.308. The van der Waals surface area contributed by atoms with Crippen molar-refractivity contribution in [3.63, 3.8) is 0 Å². The van der Waals surface area contributed by atoms with Crippen molar-refractivity contribution < 1.29 is 4.39 Å². The largest absolute Gasteiger partial charge is 0.336 e. The molecule has 1 unspecified atom stereocenters. The summed E-state index contributed by atoms with van der Waals surface area (Å²) in [7, 11) is 0. The summed E-state index contributed by atoms with van der Waals surface area (Å²) in [5, 5.41) is 0.578. The number of imidazole rings is 1. The van der Waals surface area contributed by atoms with Crippen LogP contribution in [0.25, 0.3) is 0 Å². The molecule has 0 bridgehead atoms. The van der Waals surface area contributed by atoms with Crippen molar-refractivity contribution in [3.8, 4) is 0 Å². The van der Waals surface area contributed by atoms with Crippen molar-refractivity contribution in [3.05, 3.63) is 54.4 Å². The Morgan fingerprint density at radius 3 is 2.37 bits per heavy atom. The van der Waals surface area contributed by atoms with Crippen LogP contribution >= 0.6 is 11.8 Å². The van der Waals surface area contributed by atoms with Crippen LogP contribution < -0.4 is 0 Å². The predicted octanol–water partition coefficient (Wildman–Crippen LogP) is 6.90. The fraction of sp³-hybridized carbons (Fsp3) is 0.609. The van der Waals surface area contributed by atoms with E-state index in [9.17, 15) is 4.39 Å². The molecule has 2 rings (SSSR count). The summed E-state index contributed by atoms with van der Waals surface area (Å²) < 4.78 is 15.3. The second-order valence-electron chi connectivity index (χ2n) is 7.39. The SMILES string of the molecule is CCCCCCCCCCSC(CCc1ccc(F)cc1)Cn1ccnc1. The molecule has 4 heteroatoms. The molecule has 2 nitrogen and oxygen atoms in total. The molecule has 1 heterocycles. The normalized spacial score (nSPS) is 12.4. The highest BCUT2D eigenvalue weighted by molar-refractivity contribution is 7.99. The second kappa shape index (κ2) is 13.8. The van der Waals surface area contributed by atoms with Gasteiger partial charge in [-0.05, 0) is 42.7 Å². The number of aromatic nitrogens is 2. The standard InChI is InChI=1S/C23H35FN2S/c1-2-3-4-5-6-7-8-9-18-27-23(19-26-17-16-25-20-26)15-12-21-10-13-22(24)14-11-21/h10-11,13-14,16-17,20,23H,2-9,12,15,18-19H2,1H3. The number of thioether (sulfide) groups is 1. The van der Waals surface area contributed by atoms with Crippen molar-refractivity contribution in [1.82, 2.24) is 9.55 Å². The van der Waals surface area contributed by atoms with E-state index < -0.39 is 0 Å². The lowest BCUT2D eigenvalue weighted by atomic mass is 10.1. The second-order valence-corrected chi connectivity index (χ2v) is 8.80. The molecule has 1 aromatic heterocycles. The molecule has 150 valence electrons. The van der Waals surface area contributed by atoms with Gasteiger partial charge in [-0.15, -0.1) is 0 Å². The number of halogens is 1. The molecule has 27 heavy (non-hydrogen) atoms. The van der Waals surface area contributed by atoms with Gasteiger partial charge in [0.15, 0.2) is 0 Å². The van der Waals surface area contributed by atoms with Gasteiger partial charge in [0, 0.05) is 24.2 Å². The molecular weight excluding hydrogens is 355 g/mol. The Bertz CT molecular complexity index is 583. The molecule has 0 spiro atoms. The van der Waals surface area contributed by atoms with E-state index in [1.807, 2.05) is 30.9 Å². The van der Waals surface area contributed by atoms with Crippen molar-refractivity contribution in [1.29, 1.82) is 0 Å². The number of unbranched alkanes of at least 4 members (excludes halogenated alkanes) is 7. The first-order valence-electron chi connectivity index (χ1n) is 10.6. The Morgan fingerprint density at radius 1 is 1.00 bits per heavy atom. The number of nitrogens with zero attached hydrogens (tertiary/aromatic N) is 2. The van der Waals surface area contributed by atoms with E-state index in [0.29, 0.717) is 5.25 Å². The monoisotopic (exact) mass is 390 g/mol. The first kappa shape index (κ1) is 22.0. The van der Waals surface area contributed by atoms with Crippen molar-refractivity contribution in [2.75, 3.05) is 5.75 Å². The molecule has 1 atom stereocenters. The van der Waals surface area contributed by atoms with Gasteiger partial charge in [-0.1, -0.05) is 64.0 Å². The topological polar surface area (TPSA) is 17.8 Å². The summed E-state index contributed by atoms with van der Waals surface area (Å²) in [6.45, 7) is 3.27. The van der Waals surface area contributed by atoms with Gasteiger partial charge in [-0.25, -0.2) is 9.37 Å². The maximum atomic E-state index is 13.1. The molecular formula is C23H35FN2S. The summed E-state index contributed by atoms with van der Waals surface area (Å²) in [6.07, 6.45) is 18.9. The molecule has 0 aliphatic rings. The summed E-state index contributed by atoms with van der Waals surface area (Å²) in [5.74, 6) is 1.08. The fourth-order valence-electron chi connectivity index (χ4n) is 3.32. The summed E-state index contributed by atoms with van der Waals surface area (Å²) in [6, 6.07) is 6.95. The van der Waals surface area contributed by atoms with Crippen molar-refractivity contribution in [2.24, 2.45) is 0 Å². The summed E-state index contributed by atoms with van der Waals surface area (Å²) >= 11 is 2.09. The first-order chi connectivity index (χ1) is 13.3. The molecule has 1 aromatic carbocycles. The van der Waals surface area contributed by atoms with Gasteiger partial charge in [0.2, 0.25) is 0 Å². The molecule has 0 N–H and O–H groups in total. The molecule has 0 amide bonds. The molecule has 0 fully saturated rings. The van der Waals surface area contributed by atoms with Gasteiger partial charge in [0.25, 0.3) is 0 Å². The highest BCUT2D eigenvalue weighted by Crippen LogP contribution is 2.22. The number of hydrogen-bond donors (Lipinski definition) is 0. The molecule has 2 aromatic rings. The van der Waals surface area contributed by atoms with Crippen LogP contribution in [-0.4, -0.2) is 20.6 Å². The maximum Gasteiger partial charge on any atom is 0.123 e. The molecule has 0 aliphatic carbocycles. The van der Waals surface area contributed by atoms with E-state index in [2.05, 4.69) is 28.2 Å². The smallest absolute Gasteiger partial charge is 0.123 e. The van der Waals surface area contributed by atoms with E-state index in [0.717, 1.165) is 19.4 Å². The minimum atomic E-state index is -0.155. The first-order valence-corrected chi connectivity index (χ1v) is 11.6. The summed E-state index contributed by atoms with van der Waals surface area (Å²) in [5.41, 5.74) is 1.22. The zero-order valence-electron chi connectivity index (χ0n) is 16.8. The highest BCUT2D eigenvalue weighted by Gasteiger charge is 2.11. The van der Waals surface area contributed by atoms with Crippen LogP contribution in [0.5, 0.6) is 0 Å². The summed E-state index contributed by atoms with van der Waals surface area (Å²) in [4.78, 5) is 4.17. The van der Waals surface area contributed by atoms with E-state index in [-0.39, 0.29) is 5.82 Å². The van der Waals surface area contributed by atoms with Gasteiger partial charge in [-0.3, -0.25) is 0 Å². The average molecular weight is 391 g/mol. The van der Waals surface area contributed by atoms with Crippen LogP contribution in [0.1, 0.15) is 70.3 Å². The Morgan fingerprint density at radius 2 is 1.70 bits per heavy atom. The molecule has 0 radical (unpaired) electrons. The van der Waals surface area contributed by atoms with Gasteiger partial charge in [0.05, 0.1) is 6.33 Å². The number of hydrogen-bond acceptors (Lipinski definition) is 2. The number of rotatable bonds is 15. The molecule has 0 aliphatic heterocycles. The van der Waals surface area contributed by atoms with Gasteiger partial charge in [-0.2, -0.15) is 11.8 Å². The number of aryl methyl sites for hydroxylation is 1.